The summed E-state index contributed by atoms with van der Waals surface area (Å²) in [5.41, 5.74) is 6.61. The van der Waals surface area contributed by atoms with Gasteiger partial charge in [-0.2, -0.15) is 10.2 Å². The van der Waals surface area contributed by atoms with Gasteiger partial charge in [-0.25, -0.2) is 0 Å². The molecule has 0 fully saturated rings. The maximum atomic E-state index is 6.09. The molecule has 0 amide bonds. The van der Waals surface area contributed by atoms with E-state index >= 15 is 0 Å². The van der Waals surface area contributed by atoms with E-state index in [1.54, 1.807) is 6.92 Å². The molecule has 31 heavy (non-hydrogen) atoms. The van der Waals surface area contributed by atoms with Crippen LogP contribution in [-0.4, -0.2) is 51.8 Å². The van der Waals surface area contributed by atoms with Crippen LogP contribution in [-0.2, 0) is 48.9 Å². The van der Waals surface area contributed by atoms with Crippen LogP contribution in [0.4, 0.5) is 0 Å². The minimum absolute atomic E-state index is 0. The van der Waals surface area contributed by atoms with E-state index in [4.69, 9.17) is 29.7 Å². The third kappa shape index (κ3) is 10.6. The summed E-state index contributed by atoms with van der Waals surface area (Å²) in [7, 11) is 0. The van der Waals surface area contributed by atoms with Gasteiger partial charge in [-0.1, -0.05) is 0 Å². The molecule has 0 saturated carbocycles. The van der Waals surface area contributed by atoms with Gasteiger partial charge in [0.05, 0.1) is 12.3 Å². The van der Waals surface area contributed by atoms with E-state index in [-0.39, 0.29) is 17.1 Å². The maximum absolute atomic E-state index is 6.09. The summed E-state index contributed by atoms with van der Waals surface area (Å²) in [6, 6.07) is 4.63. The Balaban J connectivity index is 0.00000900. The monoisotopic (exact) mass is 514 g/mol. The first-order chi connectivity index (χ1) is 14.2. The predicted molar refractivity (Wildman–Crippen MR) is 131 cm³/mol. The van der Waals surface area contributed by atoms with E-state index in [0.717, 1.165) is 5.76 Å². The molecule has 1 heterocycles. The molecule has 1 rings (SSSR count). The predicted octanol–water partition coefficient (Wildman–Crippen LogP) is 3.00. The number of amidine groups is 2. The van der Waals surface area contributed by atoms with Crippen molar-refractivity contribution in [2.24, 2.45) is 20.2 Å². The van der Waals surface area contributed by atoms with Crippen LogP contribution in [0.5, 0.6) is 0 Å². The molecular formula is C20H33CuN7OS2. The number of nitrogens with one attached hydrogen (secondary N) is 2. The minimum Gasteiger partial charge on any atom is -0.741 e. The molecule has 8 nitrogen and oxygen atoms in total. The topological polar surface area (TPSA) is 89.9 Å². The van der Waals surface area contributed by atoms with Gasteiger partial charge in [0.25, 0.3) is 0 Å². The Morgan fingerprint density at radius 1 is 0.968 bits per heavy atom. The normalized spacial score (nSPS) is 13.7. The van der Waals surface area contributed by atoms with E-state index in [1.807, 2.05) is 26.0 Å². The van der Waals surface area contributed by atoms with Gasteiger partial charge in [0.2, 0.25) is 0 Å². The summed E-state index contributed by atoms with van der Waals surface area (Å²) < 4.78 is 6.09. The molecule has 0 bridgehead atoms. The molecule has 11 heteroatoms. The molecular weight excluding hydrogens is 482 g/mol. The van der Waals surface area contributed by atoms with Crippen LogP contribution in [0.1, 0.15) is 60.0 Å². The largest absolute Gasteiger partial charge is 2.00 e. The van der Waals surface area contributed by atoms with Crippen LogP contribution in [0, 0.1) is 0 Å². The summed E-state index contributed by atoms with van der Waals surface area (Å²) in [6.07, 6.45) is 0. The second-order valence-corrected chi connectivity index (χ2v) is 7.84. The molecule has 0 aliphatic rings. The number of hydrogen-bond donors (Lipinski definition) is 2. The van der Waals surface area contributed by atoms with Crippen molar-refractivity contribution >= 4 is 47.0 Å². The molecule has 0 saturated heterocycles. The molecule has 1 radical (unpaired) electrons. The van der Waals surface area contributed by atoms with Gasteiger partial charge in [-0.05, 0) is 70.9 Å². The zero-order valence-electron chi connectivity index (χ0n) is 19.2. The van der Waals surface area contributed by atoms with E-state index in [0.29, 0.717) is 59.2 Å². The van der Waals surface area contributed by atoms with Gasteiger partial charge < -0.3 is 29.7 Å². The van der Waals surface area contributed by atoms with Crippen molar-refractivity contribution in [3.05, 3.63) is 23.7 Å². The second kappa shape index (κ2) is 15.3. The van der Waals surface area contributed by atoms with E-state index < -0.39 is 0 Å². The van der Waals surface area contributed by atoms with E-state index in [1.165, 1.54) is 0 Å². The van der Waals surface area contributed by atoms with E-state index in [9.17, 15) is 0 Å². The van der Waals surface area contributed by atoms with Crippen LogP contribution in [0.3, 0.4) is 0 Å². The zero-order chi connectivity index (χ0) is 22.7. The number of hydrazone groups is 2. The number of furan rings is 1. The zero-order valence-corrected chi connectivity index (χ0v) is 21.8. The van der Waals surface area contributed by atoms with Gasteiger partial charge in [0.1, 0.15) is 11.5 Å². The first kappa shape index (κ1) is 29.5. The minimum atomic E-state index is 0. The smallest absolute Gasteiger partial charge is 0.741 e. The third-order valence-corrected chi connectivity index (χ3v) is 4.53. The Labute approximate surface area is 207 Å². The SMILES string of the molecule is CCN=C([S-])N/N=C(/C(C)=N/NC([S-])=NCC)c1ccc(CN(C(C)C)C(C)C)o1.[Cu+2]. The Kier molecular flexibility index (Phi) is 14.6. The van der Waals surface area contributed by atoms with Crippen molar-refractivity contribution in [2.45, 2.75) is 67.1 Å². The second-order valence-electron chi connectivity index (χ2n) is 7.07. The van der Waals surface area contributed by atoms with Crippen molar-refractivity contribution in [1.29, 1.82) is 0 Å². The molecule has 2 N–H and O–H groups in total. The quantitative estimate of drug-likeness (QED) is 0.164. The summed E-state index contributed by atoms with van der Waals surface area (Å²) in [5, 5.41) is 9.27. The first-order valence-electron chi connectivity index (χ1n) is 10.1. The molecule has 1 aromatic rings. The van der Waals surface area contributed by atoms with Gasteiger partial charge in [0.15, 0.2) is 5.76 Å². The number of rotatable bonds is 10. The van der Waals surface area contributed by atoms with Crippen molar-refractivity contribution in [2.75, 3.05) is 13.1 Å². The Morgan fingerprint density at radius 3 is 1.97 bits per heavy atom. The van der Waals surface area contributed by atoms with Crippen LogP contribution in [0.25, 0.3) is 0 Å². The third-order valence-electron chi connectivity index (χ3n) is 4.09. The van der Waals surface area contributed by atoms with Crippen LogP contribution < -0.4 is 10.9 Å². The summed E-state index contributed by atoms with van der Waals surface area (Å²) in [6.45, 7) is 16.2. The Morgan fingerprint density at radius 2 is 1.48 bits per heavy atom. The van der Waals surface area contributed by atoms with Crippen molar-refractivity contribution in [3.63, 3.8) is 0 Å². The molecule has 0 unspecified atom stereocenters. The molecule has 0 atom stereocenters. The van der Waals surface area contributed by atoms with Gasteiger partial charge in [0, 0.05) is 25.2 Å². The molecule has 177 valence electrons. The molecule has 1 aromatic heterocycles. The van der Waals surface area contributed by atoms with E-state index in [2.05, 4.69) is 63.6 Å². The summed E-state index contributed by atoms with van der Waals surface area (Å²) in [5.74, 6) is 1.42. The fourth-order valence-electron chi connectivity index (χ4n) is 2.69. The first-order valence-corrected chi connectivity index (χ1v) is 10.9. The Hall–Kier alpha value is -1.52. The average Bonchev–Trinajstić information content (AvgIpc) is 3.13. The van der Waals surface area contributed by atoms with Crippen LogP contribution in [0.2, 0.25) is 0 Å². The standard InChI is InChI=1S/C20H35N7OS2.Cu/c1-8-21-19(29)25-23-15(7)18(24-26-20(30)22-9-2)17-11-10-16(28-17)12-27(13(3)4)14(5)6;/h10-11,13-14H,8-9,12H2,1-7H3,(H2,21,25,29)(H2,22,26,30);/q;+2/p-2/b23-15+,24-18-;. The Bertz CT molecular complexity index is 780. The fourth-order valence-corrected chi connectivity index (χ4v) is 3.04. The maximum Gasteiger partial charge on any atom is 2.00 e. The summed E-state index contributed by atoms with van der Waals surface area (Å²) >= 11 is 10.3. The number of aliphatic imine (C=N–C) groups is 2. The summed E-state index contributed by atoms with van der Waals surface area (Å²) in [4.78, 5) is 10.6. The number of hydrogen-bond acceptors (Lipinski definition) is 8. The van der Waals surface area contributed by atoms with Gasteiger partial charge in [-0.15, -0.1) is 0 Å². The van der Waals surface area contributed by atoms with Crippen molar-refractivity contribution in [1.82, 2.24) is 15.8 Å². The molecule has 0 aliphatic carbocycles. The van der Waals surface area contributed by atoms with Crippen molar-refractivity contribution in [3.8, 4) is 0 Å². The van der Waals surface area contributed by atoms with Crippen molar-refractivity contribution < 1.29 is 21.5 Å². The van der Waals surface area contributed by atoms with Crippen LogP contribution >= 0.6 is 0 Å². The fraction of sp³-hybridized carbons (Fsp3) is 0.600. The van der Waals surface area contributed by atoms with Gasteiger partial charge >= 0.3 is 17.1 Å². The average molecular weight is 515 g/mol. The number of nitrogens with zero attached hydrogens (tertiary/aromatic N) is 5. The van der Waals surface area contributed by atoms with Crippen LogP contribution in [0.15, 0.2) is 36.7 Å². The molecule has 0 aromatic carbocycles. The molecule has 0 spiro atoms. The molecule has 0 aliphatic heterocycles. The van der Waals surface area contributed by atoms with Gasteiger partial charge in [-0.3, -0.25) is 25.7 Å².